The number of ether oxygens (including phenoxy) is 1. The molecule has 0 radical (unpaired) electrons. The van der Waals surface area contributed by atoms with Crippen molar-refractivity contribution >= 4 is 0 Å². The largest absolute Gasteiger partial charge is 0.381 e. The van der Waals surface area contributed by atoms with Gasteiger partial charge in [-0.05, 0) is 19.4 Å². The summed E-state index contributed by atoms with van der Waals surface area (Å²) < 4.78 is 5.38. The van der Waals surface area contributed by atoms with Gasteiger partial charge in [0.1, 0.15) is 0 Å². The highest BCUT2D eigenvalue weighted by molar-refractivity contribution is 4.46. The zero-order valence-electron chi connectivity index (χ0n) is 8.14. The predicted molar refractivity (Wildman–Crippen MR) is 52.3 cm³/mol. The summed E-state index contributed by atoms with van der Waals surface area (Å²) >= 11 is 0. The zero-order valence-corrected chi connectivity index (χ0v) is 8.14. The van der Waals surface area contributed by atoms with Crippen LogP contribution >= 0.6 is 0 Å². The van der Waals surface area contributed by atoms with Crippen LogP contribution in [0.3, 0.4) is 0 Å². The van der Waals surface area contributed by atoms with E-state index in [0.29, 0.717) is 0 Å². The second-order valence-electron chi connectivity index (χ2n) is 2.86. The van der Waals surface area contributed by atoms with E-state index in [4.69, 9.17) is 10.5 Å². The Morgan fingerprint density at radius 3 is 2.58 bits per heavy atom. The molecule has 0 amide bonds. The van der Waals surface area contributed by atoms with E-state index in [1.807, 2.05) is 0 Å². The van der Waals surface area contributed by atoms with Crippen LogP contribution in [0.2, 0.25) is 0 Å². The molecule has 3 N–H and O–H groups in total. The second kappa shape index (κ2) is 10.9. The zero-order chi connectivity index (χ0) is 9.07. The molecule has 0 saturated heterocycles. The van der Waals surface area contributed by atoms with Gasteiger partial charge in [0.05, 0.1) is 0 Å². The first-order valence-electron chi connectivity index (χ1n) is 4.90. The van der Waals surface area contributed by atoms with Gasteiger partial charge >= 0.3 is 0 Å². The first-order chi connectivity index (χ1) is 5.91. The summed E-state index contributed by atoms with van der Waals surface area (Å²) in [5.41, 5.74) is 5.32. The Morgan fingerprint density at radius 2 is 1.92 bits per heavy atom. The average molecular weight is 174 g/mol. The number of rotatable bonds is 9. The highest BCUT2D eigenvalue weighted by Crippen LogP contribution is 1.88. The molecule has 0 aromatic carbocycles. The molecule has 0 bridgehead atoms. The van der Waals surface area contributed by atoms with Gasteiger partial charge in [-0.15, -0.1) is 0 Å². The molecule has 0 aliphatic rings. The summed E-state index contributed by atoms with van der Waals surface area (Å²) in [4.78, 5) is 0. The van der Waals surface area contributed by atoms with Crippen molar-refractivity contribution in [1.29, 1.82) is 0 Å². The molecule has 0 rings (SSSR count). The van der Waals surface area contributed by atoms with E-state index in [1.54, 1.807) is 0 Å². The maximum absolute atomic E-state index is 5.38. The lowest BCUT2D eigenvalue weighted by Gasteiger charge is -2.03. The molecule has 0 spiro atoms. The van der Waals surface area contributed by atoms with Crippen molar-refractivity contribution in [2.75, 3.05) is 32.8 Å². The van der Waals surface area contributed by atoms with E-state index in [-0.39, 0.29) is 0 Å². The van der Waals surface area contributed by atoms with Gasteiger partial charge in [-0.2, -0.15) is 0 Å². The Labute approximate surface area is 75.7 Å². The van der Waals surface area contributed by atoms with Gasteiger partial charge in [-0.3, -0.25) is 0 Å². The Bertz CT molecular complexity index is 68.9. The van der Waals surface area contributed by atoms with Crippen LogP contribution in [0.15, 0.2) is 0 Å². The summed E-state index contributed by atoms with van der Waals surface area (Å²) in [5, 5.41) is 3.22. The third-order valence-corrected chi connectivity index (χ3v) is 1.61. The van der Waals surface area contributed by atoms with E-state index in [2.05, 4.69) is 12.2 Å². The lowest BCUT2D eigenvalue weighted by molar-refractivity contribution is 0.129. The molecule has 0 aromatic rings. The highest BCUT2D eigenvalue weighted by atomic mass is 16.5. The van der Waals surface area contributed by atoms with E-state index in [0.717, 1.165) is 39.3 Å². The Kier molecular flexibility index (Phi) is 10.8. The molecular weight excluding hydrogens is 152 g/mol. The number of nitrogens with two attached hydrogens (primary N) is 1. The molecule has 0 fully saturated rings. The minimum absolute atomic E-state index is 0.719. The van der Waals surface area contributed by atoms with E-state index in [9.17, 15) is 0 Å². The molecule has 3 heteroatoms. The van der Waals surface area contributed by atoms with Gasteiger partial charge in [0, 0.05) is 26.3 Å². The number of hydrogen-bond acceptors (Lipinski definition) is 3. The predicted octanol–water partition coefficient (Wildman–Crippen LogP) is 0.742. The SMILES string of the molecule is CCCCOCCCNCCN. The third-order valence-electron chi connectivity index (χ3n) is 1.61. The molecule has 0 heterocycles. The van der Waals surface area contributed by atoms with E-state index >= 15 is 0 Å². The first-order valence-corrected chi connectivity index (χ1v) is 4.90. The van der Waals surface area contributed by atoms with E-state index < -0.39 is 0 Å². The van der Waals surface area contributed by atoms with Crippen LogP contribution in [0.25, 0.3) is 0 Å². The summed E-state index contributed by atoms with van der Waals surface area (Å²) in [6, 6.07) is 0. The molecule has 74 valence electrons. The van der Waals surface area contributed by atoms with Crippen LogP contribution in [0.1, 0.15) is 26.2 Å². The molecule has 0 saturated carbocycles. The van der Waals surface area contributed by atoms with Crippen molar-refractivity contribution < 1.29 is 4.74 Å². The number of hydrogen-bond donors (Lipinski definition) is 2. The quantitative estimate of drug-likeness (QED) is 0.507. The molecule has 0 unspecified atom stereocenters. The van der Waals surface area contributed by atoms with Gasteiger partial charge in [0.25, 0.3) is 0 Å². The molecule has 0 aliphatic heterocycles. The summed E-state index contributed by atoms with van der Waals surface area (Å²) in [6.45, 7) is 6.60. The number of unbranched alkanes of at least 4 members (excludes halogenated alkanes) is 1. The van der Waals surface area contributed by atoms with Crippen molar-refractivity contribution in [3.05, 3.63) is 0 Å². The molecule has 0 aliphatic carbocycles. The van der Waals surface area contributed by atoms with Gasteiger partial charge < -0.3 is 15.8 Å². The third kappa shape index (κ3) is 9.88. The molecule has 12 heavy (non-hydrogen) atoms. The van der Waals surface area contributed by atoms with Crippen LogP contribution in [0, 0.1) is 0 Å². The Morgan fingerprint density at radius 1 is 1.17 bits per heavy atom. The smallest absolute Gasteiger partial charge is 0.0478 e. The fourth-order valence-electron chi connectivity index (χ4n) is 0.875. The summed E-state index contributed by atoms with van der Waals surface area (Å²) in [7, 11) is 0. The summed E-state index contributed by atoms with van der Waals surface area (Å²) in [5.74, 6) is 0. The van der Waals surface area contributed by atoms with Crippen molar-refractivity contribution in [2.24, 2.45) is 5.73 Å². The normalized spacial score (nSPS) is 10.5. The minimum atomic E-state index is 0.719. The fourth-order valence-corrected chi connectivity index (χ4v) is 0.875. The van der Waals surface area contributed by atoms with Crippen LogP contribution in [0.5, 0.6) is 0 Å². The second-order valence-corrected chi connectivity index (χ2v) is 2.86. The molecule has 0 atom stereocenters. The highest BCUT2D eigenvalue weighted by Gasteiger charge is 1.88. The van der Waals surface area contributed by atoms with Crippen molar-refractivity contribution in [3.8, 4) is 0 Å². The summed E-state index contributed by atoms with van der Waals surface area (Å²) in [6.07, 6.45) is 3.48. The van der Waals surface area contributed by atoms with Gasteiger partial charge in [-0.1, -0.05) is 13.3 Å². The lowest BCUT2D eigenvalue weighted by atomic mass is 10.4. The molecule has 0 aromatic heterocycles. The minimum Gasteiger partial charge on any atom is -0.381 e. The fraction of sp³-hybridized carbons (Fsp3) is 1.00. The first kappa shape index (κ1) is 11.9. The molecular formula is C9H22N2O. The van der Waals surface area contributed by atoms with Crippen LogP contribution in [-0.4, -0.2) is 32.8 Å². The molecule has 3 nitrogen and oxygen atoms in total. The van der Waals surface area contributed by atoms with Crippen LogP contribution in [0.4, 0.5) is 0 Å². The monoisotopic (exact) mass is 174 g/mol. The van der Waals surface area contributed by atoms with E-state index in [1.165, 1.54) is 12.8 Å². The maximum Gasteiger partial charge on any atom is 0.0478 e. The van der Waals surface area contributed by atoms with Gasteiger partial charge in [0.15, 0.2) is 0 Å². The average Bonchev–Trinajstić information content (AvgIpc) is 2.10. The Balaban J connectivity index is 2.73. The van der Waals surface area contributed by atoms with Crippen molar-refractivity contribution in [1.82, 2.24) is 5.32 Å². The maximum atomic E-state index is 5.38. The topological polar surface area (TPSA) is 47.3 Å². The standard InChI is InChI=1S/C9H22N2O/c1-2-3-8-12-9-4-6-11-7-5-10/h11H,2-10H2,1H3. The van der Waals surface area contributed by atoms with Crippen LogP contribution < -0.4 is 11.1 Å². The number of nitrogens with one attached hydrogen (secondary N) is 1. The van der Waals surface area contributed by atoms with Crippen molar-refractivity contribution in [2.45, 2.75) is 26.2 Å². The lowest BCUT2D eigenvalue weighted by Crippen LogP contribution is -2.24. The van der Waals surface area contributed by atoms with Gasteiger partial charge in [0.2, 0.25) is 0 Å². The van der Waals surface area contributed by atoms with Gasteiger partial charge in [-0.25, -0.2) is 0 Å². The Hall–Kier alpha value is -0.120. The van der Waals surface area contributed by atoms with Crippen LogP contribution in [-0.2, 0) is 4.74 Å². The van der Waals surface area contributed by atoms with Crippen molar-refractivity contribution in [3.63, 3.8) is 0 Å².